The van der Waals surface area contributed by atoms with Gasteiger partial charge in [-0.3, -0.25) is 5.10 Å². The third-order valence-electron chi connectivity index (χ3n) is 3.45. The zero-order valence-corrected chi connectivity index (χ0v) is 10.6. The molecule has 0 fully saturated rings. The second-order valence-electron chi connectivity index (χ2n) is 4.65. The standard InChI is InChI=1S/C13H12N6O/c1-2-4-10-8(3-1)9(5-6-14-10)13-17-12(19-20-13)11-15-7-16-18-11/h1-4,7,9,14H,5-6H2,(H,15,16,18). The number of para-hydroxylation sites is 1. The molecule has 4 rings (SSSR count). The Labute approximate surface area is 114 Å². The van der Waals surface area contributed by atoms with Crippen molar-refractivity contribution in [2.75, 3.05) is 11.9 Å². The average molecular weight is 268 g/mol. The van der Waals surface area contributed by atoms with Crippen LogP contribution in [-0.2, 0) is 0 Å². The lowest BCUT2D eigenvalue weighted by Gasteiger charge is -2.23. The van der Waals surface area contributed by atoms with Gasteiger partial charge in [-0.1, -0.05) is 23.4 Å². The van der Waals surface area contributed by atoms with Gasteiger partial charge in [0.2, 0.25) is 11.7 Å². The SMILES string of the molecule is c1ccc2c(c1)NCCC2c1nc(-c2ncn[nH]2)no1. The number of nitrogens with zero attached hydrogens (tertiary/aromatic N) is 4. The predicted octanol–water partition coefficient (Wildman–Crippen LogP) is 1.80. The van der Waals surface area contributed by atoms with E-state index in [1.54, 1.807) is 0 Å². The summed E-state index contributed by atoms with van der Waals surface area (Å²) in [6.07, 6.45) is 2.35. The molecule has 1 aliphatic heterocycles. The number of hydrogen-bond acceptors (Lipinski definition) is 6. The molecule has 1 atom stereocenters. The predicted molar refractivity (Wildman–Crippen MR) is 71.1 cm³/mol. The molecule has 0 saturated heterocycles. The van der Waals surface area contributed by atoms with Crippen LogP contribution in [0.3, 0.4) is 0 Å². The van der Waals surface area contributed by atoms with Gasteiger partial charge in [-0.15, -0.1) is 0 Å². The summed E-state index contributed by atoms with van der Waals surface area (Å²) in [6, 6.07) is 8.19. The van der Waals surface area contributed by atoms with E-state index < -0.39 is 0 Å². The molecule has 100 valence electrons. The lowest BCUT2D eigenvalue weighted by atomic mass is 9.91. The Morgan fingerprint density at radius 1 is 1.25 bits per heavy atom. The zero-order valence-electron chi connectivity index (χ0n) is 10.6. The highest BCUT2D eigenvalue weighted by molar-refractivity contribution is 5.56. The van der Waals surface area contributed by atoms with E-state index in [4.69, 9.17) is 4.52 Å². The van der Waals surface area contributed by atoms with Crippen LogP contribution in [0.25, 0.3) is 11.6 Å². The number of hydrogen-bond donors (Lipinski definition) is 2. The molecule has 1 aliphatic rings. The van der Waals surface area contributed by atoms with E-state index in [-0.39, 0.29) is 5.92 Å². The van der Waals surface area contributed by atoms with E-state index in [2.05, 4.69) is 42.8 Å². The van der Waals surface area contributed by atoms with Crippen LogP contribution in [0.5, 0.6) is 0 Å². The topological polar surface area (TPSA) is 92.5 Å². The van der Waals surface area contributed by atoms with Crippen molar-refractivity contribution >= 4 is 5.69 Å². The van der Waals surface area contributed by atoms with Crippen LogP contribution in [0.1, 0.15) is 23.8 Å². The first-order valence-electron chi connectivity index (χ1n) is 6.44. The highest BCUT2D eigenvalue weighted by atomic mass is 16.5. The largest absolute Gasteiger partial charge is 0.385 e. The number of aromatic amines is 1. The van der Waals surface area contributed by atoms with E-state index >= 15 is 0 Å². The molecule has 7 nitrogen and oxygen atoms in total. The summed E-state index contributed by atoms with van der Waals surface area (Å²) in [5.74, 6) is 1.69. The Hall–Kier alpha value is -2.70. The summed E-state index contributed by atoms with van der Waals surface area (Å²) in [7, 11) is 0. The quantitative estimate of drug-likeness (QED) is 0.736. The number of benzene rings is 1. The van der Waals surface area contributed by atoms with Crippen LogP contribution in [-0.4, -0.2) is 31.9 Å². The summed E-state index contributed by atoms with van der Waals surface area (Å²) in [6.45, 7) is 0.891. The van der Waals surface area contributed by atoms with Gasteiger partial charge in [-0.2, -0.15) is 10.1 Å². The summed E-state index contributed by atoms with van der Waals surface area (Å²) in [4.78, 5) is 8.46. The number of H-pyrrole nitrogens is 1. The minimum absolute atomic E-state index is 0.122. The van der Waals surface area contributed by atoms with E-state index in [0.717, 1.165) is 18.7 Å². The van der Waals surface area contributed by atoms with Crippen LogP contribution in [0.2, 0.25) is 0 Å². The van der Waals surface area contributed by atoms with Gasteiger partial charge >= 0.3 is 0 Å². The molecule has 0 radical (unpaired) electrons. The van der Waals surface area contributed by atoms with Crippen molar-refractivity contribution < 1.29 is 4.52 Å². The normalized spacial score (nSPS) is 17.5. The van der Waals surface area contributed by atoms with Crippen LogP contribution in [0.15, 0.2) is 35.1 Å². The molecule has 3 aromatic rings. The molecule has 0 aliphatic carbocycles. The Balaban J connectivity index is 1.72. The van der Waals surface area contributed by atoms with E-state index in [1.807, 2.05) is 12.1 Å². The second-order valence-corrected chi connectivity index (χ2v) is 4.65. The lowest BCUT2D eigenvalue weighted by Crippen LogP contribution is -2.17. The monoisotopic (exact) mass is 268 g/mol. The maximum Gasteiger partial charge on any atom is 0.239 e. The van der Waals surface area contributed by atoms with Crippen molar-refractivity contribution in [2.45, 2.75) is 12.3 Å². The van der Waals surface area contributed by atoms with E-state index in [1.165, 1.54) is 11.9 Å². The highest BCUT2D eigenvalue weighted by Crippen LogP contribution is 2.35. The fourth-order valence-corrected chi connectivity index (χ4v) is 2.51. The fourth-order valence-electron chi connectivity index (χ4n) is 2.51. The van der Waals surface area contributed by atoms with Gasteiger partial charge < -0.3 is 9.84 Å². The van der Waals surface area contributed by atoms with Crippen molar-refractivity contribution in [2.24, 2.45) is 0 Å². The molecule has 2 aromatic heterocycles. The van der Waals surface area contributed by atoms with Crippen LogP contribution in [0.4, 0.5) is 5.69 Å². The Morgan fingerprint density at radius 2 is 2.20 bits per heavy atom. The minimum Gasteiger partial charge on any atom is -0.385 e. The zero-order chi connectivity index (χ0) is 13.4. The van der Waals surface area contributed by atoms with Crippen LogP contribution in [0, 0.1) is 0 Å². The second kappa shape index (κ2) is 4.44. The van der Waals surface area contributed by atoms with Crippen LogP contribution < -0.4 is 5.32 Å². The molecule has 0 amide bonds. The molecule has 1 aromatic carbocycles. The third kappa shape index (κ3) is 1.75. The van der Waals surface area contributed by atoms with Crippen molar-refractivity contribution in [3.05, 3.63) is 42.0 Å². The van der Waals surface area contributed by atoms with Gasteiger partial charge in [-0.25, -0.2) is 4.98 Å². The smallest absolute Gasteiger partial charge is 0.239 e. The molecule has 3 heterocycles. The molecular formula is C13H12N6O. The maximum absolute atomic E-state index is 5.41. The molecule has 0 bridgehead atoms. The summed E-state index contributed by atoms with van der Waals surface area (Å²) >= 11 is 0. The van der Waals surface area contributed by atoms with Gasteiger partial charge in [-0.05, 0) is 18.1 Å². The first-order valence-corrected chi connectivity index (χ1v) is 6.44. The van der Waals surface area contributed by atoms with Gasteiger partial charge in [0.25, 0.3) is 0 Å². The van der Waals surface area contributed by atoms with Crippen molar-refractivity contribution in [3.63, 3.8) is 0 Å². The fraction of sp³-hybridized carbons (Fsp3) is 0.231. The number of nitrogens with one attached hydrogen (secondary N) is 2. The Kier molecular flexibility index (Phi) is 2.48. The lowest BCUT2D eigenvalue weighted by molar-refractivity contribution is 0.361. The summed E-state index contributed by atoms with van der Waals surface area (Å²) < 4.78 is 5.41. The minimum atomic E-state index is 0.122. The number of anilines is 1. The summed E-state index contributed by atoms with van der Waals surface area (Å²) in [5, 5.41) is 13.9. The van der Waals surface area contributed by atoms with Crippen LogP contribution >= 0.6 is 0 Å². The average Bonchev–Trinajstić information content (AvgIpc) is 3.17. The van der Waals surface area contributed by atoms with E-state index in [9.17, 15) is 0 Å². The molecule has 2 N–H and O–H groups in total. The Bertz CT molecular complexity index is 720. The van der Waals surface area contributed by atoms with Gasteiger partial charge in [0, 0.05) is 12.2 Å². The van der Waals surface area contributed by atoms with Gasteiger partial charge in [0.15, 0.2) is 5.82 Å². The van der Waals surface area contributed by atoms with Gasteiger partial charge in [0.05, 0.1) is 5.92 Å². The first kappa shape index (κ1) is 11.2. The molecular weight excluding hydrogens is 256 g/mol. The third-order valence-corrected chi connectivity index (χ3v) is 3.45. The van der Waals surface area contributed by atoms with Gasteiger partial charge in [0.1, 0.15) is 6.33 Å². The van der Waals surface area contributed by atoms with Crippen molar-refractivity contribution in [1.82, 2.24) is 25.3 Å². The molecule has 1 unspecified atom stereocenters. The summed E-state index contributed by atoms with van der Waals surface area (Å²) in [5.41, 5.74) is 2.31. The maximum atomic E-state index is 5.41. The number of fused-ring (bicyclic) bond motifs is 1. The van der Waals surface area contributed by atoms with Crippen molar-refractivity contribution in [3.8, 4) is 11.6 Å². The number of aromatic nitrogens is 5. The van der Waals surface area contributed by atoms with E-state index in [0.29, 0.717) is 17.5 Å². The Morgan fingerprint density at radius 3 is 3.10 bits per heavy atom. The van der Waals surface area contributed by atoms with Crippen molar-refractivity contribution in [1.29, 1.82) is 0 Å². The molecule has 0 saturated carbocycles. The first-order chi connectivity index (χ1) is 9.92. The highest BCUT2D eigenvalue weighted by Gasteiger charge is 2.26. The molecule has 7 heteroatoms. The molecule has 20 heavy (non-hydrogen) atoms. The number of rotatable bonds is 2. The molecule has 0 spiro atoms.